The molecule has 0 aromatic rings. The lowest BCUT2D eigenvalue weighted by Gasteiger charge is -2.05. The van der Waals surface area contributed by atoms with E-state index in [9.17, 15) is 17.6 Å². The van der Waals surface area contributed by atoms with Gasteiger partial charge in [-0.1, -0.05) is 24.8 Å². The van der Waals surface area contributed by atoms with Crippen LogP contribution in [0, 0.1) is 0 Å². The zero-order valence-electron chi connectivity index (χ0n) is 7.26. The Morgan fingerprint density at radius 2 is 2.00 bits per heavy atom. The van der Waals surface area contributed by atoms with Crippen molar-refractivity contribution in [3.05, 3.63) is 36.5 Å². The highest BCUT2D eigenvalue weighted by atomic mass is 19.3. The third kappa shape index (κ3) is 4.81. The number of hydrogen-bond acceptors (Lipinski definition) is 1. The van der Waals surface area contributed by atoms with Crippen LogP contribution in [0.3, 0.4) is 0 Å². The van der Waals surface area contributed by atoms with E-state index in [-0.39, 0.29) is 0 Å². The van der Waals surface area contributed by atoms with Crippen LogP contribution in [-0.2, 0) is 0 Å². The summed E-state index contributed by atoms with van der Waals surface area (Å²) in [6.07, 6.45) is 0.0610. The molecule has 0 rings (SSSR count). The van der Waals surface area contributed by atoms with Crippen LogP contribution < -0.4 is 0 Å². The lowest BCUT2D eigenvalue weighted by atomic mass is 10.2. The van der Waals surface area contributed by atoms with Crippen LogP contribution in [0.15, 0.2) is 36.5 Å². The van der Waals surface area contributed by atoms with Crippen LogP contribution in [0.5, 0.6) is 0 Å². The van der Waals surface area contributed by atoms with Crippen LogP contribution >= 0.6 is 0 Å². The number of alkyl halides is 4. The number of allylic oxidation sites excluding steroid dienone is 4. The first kappa shape index (κ1) is 12.9. The number of hydrogen-bond donors (Lipinski definition) is 1. The van der Waals surface area contributed by atoms with Crippen LogP contribution in [0.1, 0.15) is 0 Å². The second-order valence-electron chi connectivity index (χ2n) is 2.45. The lowest BCUT2D eigenvalue weighted by molar-refractivity contribution is -0.00481. The fourth-order valence-electron chi connectivity index (χ4n) is 0.583. The van der Waals surface area contributed by atoms with E-state index in [0.717, 1.165) is 18.2 Å². The van der Waals surface area contributed by atoms with Crippen molar-refractivity contribution in [3.63, 3.8) is 0 Å². The summed E-state index contributed by atoms with van der Waals surface area (Å²) in [4.78, 5) is 0. The molecule has 0 radical (unpaired) electrons. The Hall–Kier alpha value is -1.10. The van der Waals surface area contributed by atoms with Crippen molar-refractivity contribution in [1.82, 2.24) is 0 Å². The molecule has 0 amide bonds. The number of rotatable bonds is 5. The molecule has 1 N–H and O–H groups in total. The maximum absolute atomic E-state index is 12.3. The first-order chi connectivity index (χ1) is 6.43. The van der Waals surface area contributed by atoms with Gasteiger partial charge in [-0.25, -0.2) is 8.78 Å². The van der Waals surface area contributed by atoms with Crippen molar-refractivity contribution >= 4 is 0 Å². The van der Waals surface area contributed by atoms with Gasteiger partial charge >= 0.3 is 0 Å². The second-order valence-corrected chi connectivity index (χ2v) is 2.45. The topological polar surface area (TPSA) is 20.2 Å². The van der Waals surface area contributed by atoms with Crippen molar-refractivity contribution in [2.45, 2.75) is 12.3 Å². The highest BCUT2D eigenvalue weighted by Crippen LogP contribution is 2.15. The molecule has 0 aromatic carbocycles. The predicted molar refractivity (Wildman–Crippen MR) is 45.5 cm³/mol. The van der Waals surface area contributed by atoms with Gasteiger partial charge < -0.3 is 5.11 Å². The van der Waals surface area contributed by atoms with Crippen LogP contribution in [0.25, 0.3) is 0 Å². The zero-order chi connectivity index (χ0) is 11.2. The Kier molecular flexibility index (Phi) is 5.15. The summed E-state index contributed by atoms with van der Waals surface area (Å²) < 4.78 is 48.6. The molecule has 80 valence electrons. The van der Waals surface area contributed by atoms with Crippen LogP contribution in [-0.4, -0.2) is 24.1 Å². The van der Waals surface area contributed by atoms with Gasteiger partial charge in [-0.05, 0) is 6.08 Å². The van der Waals surface area contributed by atoms with Gasteiger partial charge in [-0.2, -0.15) is 8.78 Å². The summed E-state index contributed by atoms with van der Waals surface area (Å²) in [7, 11) is 0. The normalized spacial score (nSPS) is 14.0. The lowest BCUT2D eigenvalue weighted by Crippen LogP contribution is -2.17. The van der Waals surface area contributed by atoms with E-state index in [1.807, 2.05) is 0 Å². The molecule has 0 heterocycles. The zero-order valence-corrected chi connectivity index (χ0v) is 7.26. The second kappa shape index (κ2) is 5.59. The molecule has 0 unspecified atom stereocenters. The third-order valence-electron chi connectivity index (χ3n) is 1.33. The number of aliphatic hydroxyl groups excluding tert-OH is 1. The summed E-state index contributed by atoms with van der Waals surface area (Å²) >= 11 is 0. The molecular weight excluding hydrogens is 200 g/mol. The molecule has 0 aliphatic carbocycles. The Bertz CT molecular complexity index is 243. The standard InChI is InChI=1S/C9H10F4O/c1-2-7(8(10)11)4-3-5-9(12,13)6-14/h2-5,8,14H,1,6H2/b5-3+,7-4+. The van der Waals surface area contributed by atoms with Crippen molar-refractivity contribution in [1.29, 1.82) is 0 Å². The minimum absolute atomic E-state index is 0.346. The van der Waals surface area contributed by atoms with Gasteiger partial charge in [0.25, 0.3) is 12.3 Å². The van der Waals surface area contributed by atoms with Gasteiger partial charge in [0, 0.05) is 5.57 Å². The van der Waals surface area contributed by atoms with E-state index >= 15 is 0 Å². The quantitative estimate of drug-likeness (QED) is 0.546. The molecule has 0 bridgehead atoms. The van der Waals surface area contributed by atoms with Crippen molar-refractivity contribution in [2.24, 2.45) is 0 Å². The average molecular weight is 210 g/mol. The first-order valence-electron chi connectivity index (χ1n) is 3.71. The average Bonchev–Trinajstić information content (AvgIpc) is 2.12. The first-order valence-corrected chi connectivity index (χ1v) is 3.71. The fourth-order valence-corrected chi connectivity index (χ4v) is 0.583. The van der Waals surface area contributed by atoms with Gasteiger partial charge in [-0.3, -0.25) is 0 Å². The predicted octanol–water partition coefficient (Wildman–Crippen LogP) is 2.55. The summed E-state index contributed by atoms with van der Waals surface area (Å²) in [6.45, 7) is 1.75. The van der Waals surface area contributed by atoms with E-state index in [2.05, 4.69) is 6.58 Å². The number of halogens is 4. The van der Waals surface area contributed by atoms with Gasteiger partial charge in [0.15, 0.2) is 0 Å². The molecular formula is C9H10F4O. The SMILES string of the molecule is C=C/C(=C\C=C\C(F)(F)CO)C(F)F. The fraction of sp³-hybridized carbons (Fsp3) is 0.333. The van der Waals surface area contributed by atoms with Crippen molar-refractivity contribution in [2.75, 3.05) is 6.61 Å². The van der Waals surface area contributed by atoms with E-state index in [1.165, 1.54) is 0 Å². The maximum Gasteiger partial charge on any atom is 0.289 e. The minimum Gasteiger partial charge on any atom is -0.390 e. The van der Waals surface area contributed by atoms with Gasteiger partial charge in [0.1, 0.15) is 6.61 Å². The van der Waals surface area contributed by atoms with E-state index < -0.39 is 24.5 Å². The summed E-state index contributed by atoms with van der Waals surface area (Å²) in [6, 6.07) is 0. The van der Waals surface area contributed by atoms with E-state index in [1.54, 1.807) is 0 Å². The minimum atomic E-state index is -3.38. The van der Waals surface area contributed by atoms with Gasteiger partial charge in [0.2, 0.25) is 0 Å². The van der Waals surface area contributed by atoms with E-state index in [4.69, 9.17) is 5.11 Å². The summed E-state index contributed by atoms with van der Waals surface area (Å²) in [5.41, 5.74) is -0.449. The summed E-state index contributed by atoms with van der Waals surface area (Å²) in [5.74, 6) is -3.38. The van der Waals surface area contributed by atoms with Crippen LogP contribution in [0.2, 0.25) is 0 Å². The molecule has 5 heteroatoms. The highest BCUT2D eigenvalue weighted by molar-refractivity contribution is 5.24. The molecule has 0 spiro atoms. The molecule has 0 aromatic heterocycles. The maximum atomic E-state index is 12.3. The molecule has 0 aliphatic rings. The number of aliphatic hydroxyl groups is 1. The molecule has 0 fully saturated rings. The Labute approximate surface area is 79.0 Å². The Morgan fingerprint density at radius 1 is 1.43 bits per heavy atom. The molecule has 0 atom stereocenters. The third-order valence-corrected chi connectivity index (χ3v) is 1.33. The molecule has 0 saturated carbocycles. The molecule has 0 aliphatic heterocycles. The molecule has 1 nitrogen and oxygen atoms in total. The van der Waals surface area contributed by atoms with Crippen molar-refractivity contribution < 1.29 is 22.7 Å². The van der Waals surface area contributed by atoms with Crippen LogP contribution in [0.4, 0.5) is 17.6 Å². The largest absolute Gasteiger partial charge is 0.390 e. The Balaban J connectivity index is 4.46. The Morgan fingerprint density at radius 3 is 2.36 bits per heavy atom. The van der Waals surface area contributed by atoms with Gasteiger partial charge in [0.05, 0.1) is 0 Å². The van der Waals surface area contributed by atoms with E-state index in [0.29, 0.717) is 6.08 Å². The monoisotopic (exact) mass is 210 g/mol. The molecule has 0 saturated heterocycles. The van der Waals surface area contributed by atoms with Gasteiger partial charge in [-0.15, -0.1) is 0 Å². The molecule has 14 heavy (non-hydrogen) atoms. The van der Waals surface area contributed by atoms with Crippen molar-refractivity contribution in [3.8, 4) is 0 Å². The smallest absolute Gasteiger partial charge is 0.289 e. The summed E-state index contributed by atoms with van der Waals surface area (Å²) in [5, 5.41) is 8.14. The highest BCUT2D eigenvalue weighted by Gasteiger charge is 2.22.